The standard InChI is InChI=1S/C26H23N5O3/c1-26(2)11-18(32)21-19(12-26)34-25-22(20(21)15-6-8-17(33-3)9-7-15)24-29-23(30-31(24)14-28-25)16-5-4-10-27-13-16/h4-10,13-14,20H,11-12H2,1-3H3/t20-/m0/s1. The minimum absolute atomic E-state index is 0.0896. The third kappa shape index (κ3) is 3.25. The Hall–Kier alpha value is -4.07. The molecule has 0 radical (unpaired) electrons. The third-order valence-corrected chi connectivity index (χ3v) is 6.43. The van der Waals surface area contributed by atoms with Crippen LogP contribution in [0.5, 0.6) is 11.6 Å². The number of benzene rings is 1. The molecule has 0 spiro atoms. The Morgan fingerprint density at radius 3 is 2.71 bits per heavy atom. The molecule has 6 rings (SSSR count). The minimum Gasteiger partial charge on any atom is -0.497 e. The first-order valence-electron chi connectivity index (χ1n) is 11.2. The number of hydrogen-bond donors (Lipinski definition) is 0. The molecule has 1 aromatic carbocycles. The summed E-state index contributed by atoms with van der Waals surface area (Å²) in [6.07, 6.45) is 6.16. The van der Waals surface area contributed by atoms with Gasteiger partial charge in [-0.25, -0.2) is 14.5 Å². The summed E-state index contributed by atoms with van der Waals surface area (Å²) in [7, 11) is 1.63. The van der Waals surface area contributed by atoms with Gasteiger partial charge in [-0.3, -0.25) is 9.78 Å². The number of nitrogens with zero attached hydrogens (tertiary/aromatic N) is 5. The number of aromatic nitrogens is 5. The van der Waals surface area contributed by atoms with E-state index in [0.717, 1.165) is 22.4 Å². The normalized spacial score (nSPS) is 18.9. The van der Waals surface area contributed by atoms with Crippen LogP contribution < -0.4 is 9.47 Å². The van der Waals surface area contributed by atoms with Crippen LogP contribution in [0.4, 0.5) is 0 Å². The number of rotatable bonds is 3. The summed E-state index contributed by atoms with van der Waals surface area (Å²) in [4.78, 5) is 27.1. The molecule has 3 aromatic heterocycles. The van der Waals surface area contributed by atoms with Gasteiger partial charge in [0.1, 0.15) is 17.8 Å². The summed E-state index contributed by atoms with van der Waals surface area (Å²) in [5.74, 6) is 2.16. The first-order chi connectivity index (χ1) is 16.4. The van der Waals surface area contributed by atoms with Crippen LogP contribution in [0, 0.1) is 5.41 Å². The Labute approximate surface area is 196 Å². The van der Waals surface area contributed by atoms with E-state index in [1.54, 1.807) is 30.3 Å². The number of ketones is 1. The lowest BCUT2D eigenvalue weighted by atomic mass is 9.70. The van der Waals surface area contributed by atoms with Gasteiger partial charge in [0.2, 0.25) is 5.88 Å². The molecule has 170 valence electrons. The van der Waals surface area contributed by atoms with E-state index < -0.39 is 0 Å². The maximum atomic E-state index is 13.5. The lowest BCUT2D eigenvalue weighted by Gasteiger charge is -2.37. The number of pyridine rings is 1. The molecule has 1 aliphatic heterocycles. The fraction of sp³-hybridized carbons (Fsp3) is 0.269. The van der Waals surface area contributed by atoms with Gasteiger partial charge < -0.3 is 9.47 Å². The van der Waals surface area contributed by atoms with Gasteiger partial charge in [0, 0.05) is 42.3 Å². The van der Waals surface area contributed by atoms with Gasteiger partial charge in [0.15, 0.2) is 17.3 Å². The first kappa shape index (κ1) is 20.5. The van der Waals surface area contributed by atoms with Crippen LogP contribution >= 0.6 is 0 Å². The number of ether oxygens (including phenoxy) is 2. The zero-order valence-electron chi connectivity index (χ0n) is 19.1. The van der Waals surface area contributed by atoms with E-state index in [9.17, 15) is 4.79 Å². The largest absolute Gasteiger partial charge is 0.497 e. The third-order valence-electron chi connectivity index (χ3n) is 6.43. The molecule has 4 aromatic rings. The maximum absolute atomic E-state index is 13.5. The molecule has 1 atom stereocenters. The van der Waals surface area contributed by atoms with E-state index in [-0.39, 0.29) is 17.1 Å². The van der Waals surface area contributed by atoms with Gasteiger partial charge in [0.25, 0.3) is 0 Å². The van der Waals surface area contributed by atoms with Crippen LogP contribution in [0.2, 0.25) is 0 Å². The number of carbonyl (C=O) groups excluding carboxylic acids is 1. The van der Waals surface area contributed by atoms with Crippen molar-refractivity contribution in [3.05, 3.63) is 77.6 Å². The average Bonchev–Trinajstić information content (AvgIpc) is 3.27. The van der Waals surface area contributed by atoms with E-state index in [0.29, 0.717) is 41.5 Å². The van der Waals surface area contributed by atoms with E-state index in [1.165, 1.54) is 0 Å². The van der Waals surface area contributed by atoms with Crippen molar-refractivity contribution in [2.75, 3.05) is 7.11 Å². The van der Waals surface area contributed by atoms with Crippen molar-refractivity contribution in [2.45, 2.75) is 32.6 Å². The molecule has 4 heterocycles. The zero-order chi connectivity index (χ0) is 23.4. The predicted molar refractivity (Wildman–Crippen MR) is 125 cm³/mol. The lowest BCUT2D eigenvalue weighted by Crippen LogP contribution is -2.33. The highest BCUT2D eigenvalue weighted by molar-refractivity contribution is 6.00. The minimum atomic E-state index is -0.365. The van der Waals surface area contributed by atoms with Crippen LogP contribution in [-0.4, -0.2) is 37.5 Å². The van der Waals surface area contributed by atoms with E-state index >= 15 is 0 Å². The molecule has 1 aliphatic carbocycles. The highest BCUT2D eigenvalue weighted by Crippen LogP contribution is 2.50. The highest BCUT2D eigenvalue weighted by atomic mass is 16.5. The smallest absolute Gasteiger partial charge is 0.228 e. The van der Waals surface area contributed by atoms with Gasteiger partial charge >= 0.3 is 0 Å². The van der Waals surface area contributed by atoms with Crippen LogP contribution in [-0.2, 0) is 4.79 Å². The molecule has 8 nitrogen and oxygen atoms in total. The molecule has 0 saturated carbocycles. The quantitative estimate of drug-likeness (QED) is 0.455. The molecule has 34 heavy (non-hydrogen) atoms. The molecule has 2 aliphatic rings. The molecule has 0 saturated heterocycles. The fourth-order valence-corrected chi connectivity index (χ4v) is 4.89. The van der Waals surface area contributed by atoms with Gasteiger partial charge in [-0.15, -0.1) is 5.10 Å². The Morgan fingerprint density at radius 1 is 1.15 bits per heavy atom. The summed E-state index contributed by atoms with van der Waals surface area (Å²) < 4.78 is 13.3. The van der Waals surface area contributed by atoms with Crippen molar-refractivity contribution in [2.24, 2.45) is 5.41 Å². The molecule has 0 fully saturated rings. The Morgan fingerprint density at radius 2 is 1.97 bits per heavy atom. The zero-order valence-corrected chi connectivity index (χ0v) is 19.1. The average molecular weight is 454 g/mol. The van der Waals surface area contributed by atoms with Gasteiger partial charge in [-0.1, -0.05) is 26.0 Å². The van der Waals surface area contributed by atoms with Crippen LogP contribution in [0.3, 0.4) is 0 Å². The topological polar surface area (TPSA) is 91.5 Å². The Bertz CT molecular complexity index is 1460. The first-order valence-corrected chi connectivity index (χ1v) is 11.2. The number of allylic oxidation sites excluding steroid dienone is 2. The second-order valence-electron chi connectivity index (χ2n) is 9.49. The summed E-state index contributed by atoms with van der Waals surface area (Å²) in [6.45, 7) is 4.18. The lowest BCUT2D eigenvalue weighted by molar-refractivity contribution is -0.118. The van der Waals surface area contributed by atoms with Crippen molar-refractivity contribution in [1.82, 2.24) is 24.6 Å². The van der Waals surface area contributed by atoms with Crippen LogP contribution in [0.1, 0.15) is 43.7 Å². The number of Topliss-reactive ketones (excluding diaryl/α,β-unsaturated/α-hetero) is 1. The summed E-state index contributed by atoms with van der Waals surface area (Å²) in [5.41, 5.74) is 3.60. The summed E-state index contributed by atoms with van der Waals surface area (Å²) in [5, 5.41) is 4.62. The maximum Gasteiger partial charge on any atom is 0.228 e. The number of carbonyl (C=O) groups is 1. The van der Waals surface area contributed by atoms with Gasteiger partial charge in [-0.05, 0) is 35.2 Å². The van der Waals surface area contributed by atoms with Crippen molar-refractivity contribution >= 4 is 11.4 Å². The van der Waals surface area contributed by atoms with E-state index in [1.807, 2.05) is 36.4 Å². The van der Waals surface area contributed by atoms with E-state index in [2.05, 4.69) is 28.9 Å². The van der Waals surface area contributed by atoms with Crippen LogP contribution in [0.25, 0.3) is 17.0 Å². The molecule has 0 amide bonds. The molecule has 0 N–H and O–H groups in total. The fourth-order valence-electron chi connectivity index (χ4n) is 4.89. The summed E-state index contributed by atoms with van der Waals surface area (Å²) in [6, 6.07) is 11.5. The molecule has 0 unspecified atom stereocenters. The van der Waals surface area contributed by atoms with Gasteiger partial charge in [-0.2, -0.15) is 0 Å². The van der Waals surface area contributed by atoms with Crippen molar-refractivity contribution in [3.63, 3.8) is 0 Å². The monoisotopic (exact) mass is 453 g/mol. The molecular formula is C26H23N5O3. The van der Waals surface area contributed by atoms with Gasteiger partial charge in [0.05, 0.1) is 12.7 Å². The SMILES string of the molecule is COc1ccc([C@H]2C3=C(CC(C)(C)CC3=O)Oc3ncn4nc(-c5cccnc5)nc4c32)cc1. The van der Waals surface area contributed by atoms with Crippen molar-refractivity contribution < 1.29 is 14.3 Å². The molecular weight excluding hydrogens is 430 g/mol. The highest BCUT2D eigenvalue weighted by Gasteiger charge is 2.44. The second kappa shape index (κ2) is 7.48. The molecule has 0 bridgehead atoms. The number of fused-ring (bicyclic) bond motifs is 3. The van der Waals surface area contributed by atoms with Crippen molar-refractivity contribution in [1.29, 1.82) is 0 Å². The van der Waals surface area contributed by atoms with E-state index in [4.69, 9.17) is 14.5 Å². The molecule has 8 heteroatoms. The summed E-state index contributed by atoms with van der Waals surface area (Å²) >= 11 is 0. The van der Waals surface area contributed by atoms with Crippen molar-refractivity contribution in [3.8, 4) is 23.0 Å². The predicted octanol–water partition coefficient (Wildman–Crippen LogP) is 4.36. The Balaban J connectivity index is 1.59. The second-order valence-corrected chi connectivity index (χ2v) is 9.49. The Kier molecular flexibility index (Phi) is 4.52. The number of methoxy groups -OCH3 is 1. The number of hydrogen-bond acceptors (Lipinski definition) is 7. The van der Waals surface area contributed by atoms with Crippen LogP contribution in [0.15, 0.2) is 66.5 Å².